The van der Waals surface area contributed by atoms with E-state index in [0.29, 0.717) is 6.61 Å². The van der Waals surface area contributed by atoms with Gasteiger partial charge in [-0.25, -0.2) is 0 Å². The van der Waals surface area contributed by atoms with Crippen LogP contribution < -0.4 is 0 Å². The van der Waals surface area contributed by atoms with Crippen LogP contribution in [0.15, 0.2) is 24.3 Å². The third-order valence-electron chi connectivity index (χ3n) is 1.90. The van der Waals surface area contributed by atoms with Gasteiger partial charge >= 0.3 is 5.97 Å². The number of esters is 1. The van der Waals surface area contributed by atoms with Crippen LogP contribution in [0.5, 0.6) is 0 Å². The molecular weight excluding hydrogens is 140 g/mol. The van der Waals surface area contributed by atoms with Gasteiger partial charge in [0.05, 0.1) is 12.5 Å². The van der Waals surface area contributed by atoms with Gasteiger partial charge in [-0.3, -0.25) is 4.79 Å². The Morgan fingerprint density at radius 2 is 2.36 bits per heavy atom. The third-order valence-corrected chi connectivity index (χ3v) is 1.90. The van der Waals surface area contributed by atoms with Crippen LogP contribution in [0.3, 0.4) is 0 Å². The van der Waals surface area contributed by atoms with Crippen LogP contribution in [-0.2, 0) is 9.53 Å². The van der Waals surface area contributed by atoms with Gasteiger partial charge < -0.3 is 4.74 Å². The summed E-state index contributed by atoms with van der Waals surface area (Å²) in [6, 6.07) is 0. The molecule has 0 spiro atoms. The van der Waals surface area contributed by atoms with Crippen LogP contribution in [0.2, 0.25) is 0 Å². The van der Waals surface area contributed by atoms with Crippen LogP contribution in [-0.4, -0.2) is 12.6 Å². The molecule has 0 N–H and O–H groups in total. The molecule has 2 heteroatoms. The lowest BCUT2D eigenvalue weighted by molar-refractivity contribution is -0.147. The SMILES string of the molecule is C=C1CC(C(=O)OCC)C1=C. The Kier molecular flexibility index (Phi) is 2.13. The lowest BCUT2D eigenvalue weighted by Crippen LogP contribution is -2.28. The summed E-state index contributed by atoms with van der Waals surface area (Å²) in [5, 5.41) is 0. The predicted molar refractivity (Wildman–Crippen MR) is 43.0 cm³/mol. The van der Waals surface area contributed by atoms with Crippen molar-refractivity contribution in [3.63, 3.8) is 0 Å². The second kappa shape index (κ2) is 2.91. The lowest BCUT2D eigenvalue weighted by Gasteiger charge is -2.29. The average molecular weight is 152 g/mol. The van der Waals surface area contributed by atoms with Crippen molar-refractivity contribution >= 4 is 5.97 Å². The number of allylic oxidation sites excluding steroid dienone is 1. The lowest BCUT2D eigenvalue weighted by atomic mass is 9.76. The summed E-state index contributed by atoms with van der Waals surface area (Å²) in [5.74, 6) is -0.271. The highest BCUT2D eigenvalue weighted by molar-refractivity contribution is 5.80. The second-order valence-corrected chi connectivity index (χ2v) is 2.64. The van der Waals surface area contributed by atoms with Crippen LogP contribution in [0, 0.1) is 5.92 Å². The first kappa shape index (κ1) is 8.05. The highest BCUT2D eigenvalue weighted by atomic mass is 16.5. The van der Waals surface area contributed by atoms with E-state index in [2.05, 4.69) is 13.2 Å². The summed E-state index contributed by atoms with van der Waals surface area (Å²) in [4.78, 5) is 11.1. The summed E-state index contributed by atoms with van der Waals surface area (Å²) in [5.41, 5.74) is 1.81. The minimum atomic E-state index is -0.162. The van der Waals surface area contributed by atoms with E-state index >= 15 is 0 Å². The Morgan fingerprint density at radius 1 is 1.73 bits per heavy atom. The monoisotopic (exact) mass is 152 g/mol. The Bertz CT molecular complexity index is 216. The molecule has 1 aliphatic carbocycles. The molecule has 1 fully saturated rings. The van der Waals surface area contributed by atoms with Gasteiger partial charge in [-0.2, -0.15) is 0 Å². The zero-order valence-electron chi connectivity index (χ0n) is 6.72. The van der Waals surface area contributed by atoms with Crippen LogP contribution in [0.4, 0.5) is 0 Å². The first-order valence-electron chi connectivity index (χ1n) is 3.70. The van der Waals surface area contributed by atoms with E-state index in [1.54, 1.807) is 6.92 Å². The van der Waals surface area contributed by atoms with E-state index in [0.717, 1.165) is 17.6 Å². The maximum absolute atomic E-state index is 11.1. The number of carbonyl (C=O) groups is 1. The first-order valence-corrected chi connectivity index (χ1v) is 3.70. The van der Waals surface area contributed by atoms with Gasteiger partial charge in [-0.15, -0.1) is 0 Å². The van der Waals surface area contributed by atoms with Crippen molar-refractivity contribution in [3.05, 3.63) is 24.3 Å². The van der Waals surface area contributed by atoms with E-state index in [1.165, 1.54) is 0 Å². The molecule has 0 saturated heterocycles. The van der Waals surface area contributed by atoms with Gasteiger partial charge in [0, 0.05) is 0 Å². The molecule has 1 saturated carbocycles. The van der Waals surface area contributed by atoms with Crippen LogP contribution in [0.25, 0.3) is 0 Å². The Morgan fingerprint density at radius 3 is 2.73 bits per heavy atom. The van der Waals surface area contributed by atoms with Crippen LogP contribution >= 0.6 is 0 Å². The average Bonchev–Trinajstić information content (AvgIpc) is 1.99. The largest absolute Gasteiger partial charge is 0.466 e. The molecule has 60 valence electrons. The van der Waals surface area contributed by atoms with E-state index in [-0.39, 0.29) is 11.9 Å². The Labute approximate surface area is 66.5 Å². The molecule has 0 amide bonds. The zero-order valence-corrected chi connectivity index (χ0v) is 6.72. The van der Waals surface area contributed by atoms with Crippen molar-refractivity contribution in [2.75, 3.05) is 6.61 Å². The number of rotatable bonds is 2. The molecule has 1 aliphatic rings. The predicted octanol–water partition coefficient (Wildman–Crippen LogP) is 1.68. The molecule has 1 rings (SSSR count). The van der Waals surface area contributed by atoms with Crippen LogP contribution in [0.1, 0.15) is 13.3 Å². The van der Waals surface area contributed by atoms with Gasteiger partial charge in [-0.1, -0.05) is 18.7 Å². The normalized spacial score (nSPS) is 22.8. The summed E-state index contributed by atoms with van der Waals surface area (Å²) in [6.07, 6.45) is 0.720. The second-order valence-electron chi connectivity index (χ2n) is 2.64. The Balaban J connectivity index is 2.46. The van der Waals surface area contributed by atoms with Crippen molar-refractivity contribution in [1.82, 2.24) is 0 Å². The number of hydrogen-bond acceptors (Lipinski definition) is 2. The van der Waals surface area contributed by atoms with Gasteiger partial charge in [0.15, 0.2) is 0 Å². The minimum absolute atomic E-state index is 0.109. The van der Waals surface area contributed by atoms with Gasteiger partial charge in [0.2, 0.25) is 0 Å². The van der Waals surface area contributed by atoms with E-state index in [9.17, 15) is 4.79 Å². The topological polar surface area (TPSA) is 26.3 Å². The number of carbonyl (C=O) groups excluding carboxylic acids is 1. The van der Waals surface area contributed by atoms with E-state index in [4.69, 9.17) is 4.74 Å². The molecule has 0 bridgehead atoms. The van der Waals surface area contributed by atoms with Crippen molar-refractivity contribution in [2.45, 2.75) is 13.3 Å². The molecule has 11 heavy (non-hydrogen) atoms. The summed E-state index contributed by atoms with van der Waals surface area (Å²) < 4.78 is 4.82. The molecule has 0 aromatic heterocycles. The van der Waals surface area contributed by atoms with Gasteiger partial charge in [-0.05, 0) is 18.9 Å². The van der Waals surface area contributed by atoms with Gasteiger partial charge in [0.25, 0.3) is 0 Å². The van der Waals surface area contributed by atoms with Crippen molar-refractivity contribution in [2.24, 2.45) is 5.92 Å². The summed E-state index contributed by atoms with van der Waals surface area (Å²) in [6.45, 7) is 9.69. The molecule has 0 aliphatic heterocycles. The van der Waals surface area contributed by atoms with Crippen molar-refractivity contribution in [1.29, 1.82) is 0 Å². The molecule has 0 aromatic rings. The standard InChI is InChI=1S/C9H12O2/c1-4-11-9(10)8-5-6(2)7(8)3/h8H,2-5H2,1H3. The highest BCUT2D eigenvalue weighted by Crippen LogP contribution is 2.37. The van der Waals surface area contributed by atoms with E-state index in [1.807, 2.05) is 0 Å². The Hall–Kier alpha value is -1.05. The highest BCUT2D eigenvalue weighted by Gasteiger charge is 2.33. The molecule has 0 aromatic carbocycles. The van der Waals surface area contributed by atoms with Gasteiger partial charge in [0.1, 0.15) is 0 Å². The quantitative estimate of drug-likeness (QED) is 0.563. The minimum Gasteiger partial charge on any atom is -0.466 e. The molecule has 0 heterocycles. The number of hydrogen-bond donors (Lipinski definition) is 0. The molecule has 1 atom stereocenters. The maximum atomic E-state index is 11.1. The first-order chi connectivity index (χ1) is 5.16. The molecule has 2 nitrogen and oxygen atoms in total. The zero-order chi connectivity index (χ0) is 8.43. The summed E-state index contributed by atoms with van der Waals surface area (Å²) >= 11 is 0. The smallest absolute Gasteiger partial charge is 0.313 e. The molecular formula is C9H12O2. The van der Waals surface area contributed by atoms with Crippen molar-refractivity contribution in [3.8, 4) is 0 Å². The molecule has 1 unspecified atom stereocenters. The fraction of sp³-hybridized carbons (Fsp3) is 0.444. The fourth-order valence-electron chi connectivity index (χ4n) is 1.08. The fourth-order valence-corrected chi connectivity index (χ4v) is 1.08. The molecule has 0 radical (unpaired) electrons. The maximum Gasteiger partial charge on any atom is 0.313 e. The van der Waals surface area contributed by atoms with E-state index < -0.39 is 0 Å². The number of ether oxygens (including phenoxy) is 1. The summed E-state index contributed by atoms with van der Waals surface area (Å²) in [7, 11) is 0. The van der Waals surface area contributed by atoms with Crippen molar-refractivity contribution < 1.29 is 9.53 Å². The third kappa shape index (κ3) is 1.34.